The maximum atomic E-state index is 4.23. The SMILES string of the molecule is C[N-]C1CC[CH-]CC1.Cc1cc[c-]cc1.[CH2-]C(C)(C)N(C)C.[V+2].[W+2]. The van der Waals surface area contributed by atoms with Gasteiger partial charge in [-0.2, -0.15) is 55.8 Å². The van der Waals surface area contributed by atoms with E-state index in [1.807, 2.05) is 45.4 Å². The van der Waals surface area contributed by atoms with E-state index < -0.39 is 0 Å². The summed E-state index contributed by atoms with van der Waals surface area (Å²) in [5.41, 5.74) is 1.37. The summed E-state index contributed by atoms with van der Waals surface area (Å²) in [6.07, 6.45) is 7.50. The van der Waals surface area contributed by atoms with Crippen LogP contribution in [0.15, 0.2) is 24.3 Å². The van der Waals surface area contributed by atoms with Crippen molar-refractivity contribution in [1.29, 1.82) is 0 Å². The van der Waals surface area contributed by atoms with Gasteiger partial charge in [-0.05, 0) is 14.1 Å². The van der Waals surface area contributed by atoms with E-state index in [1.165, 1.54) is 31.2 Å². The van der Waals surface area contributed by atoms with Crippen molar-refractivity contribution in [3.63, 3.8) is 0 Å². The van der Waals surface area contributed by atoms with Crippen molar-refractivity contribution in [2.45, 2.75) is 58.0 Å². The molecule has 0 N–H and O–H groups in total. The van der Waals surface area contributed by atoms with E-state index in [-0.39, 0.29) is 45.2 Å². The van der Waals surface area contributed by atoms with Crippen LogP contribution in [0.25, 0.3) is 5.32 Å². The summed E-state index contributed by atoms with van der Waals surface area (Å²) in [5, 5.41) is 4.23. The van der Waals surface area contributed by atoms with Crippen LogP contribution < -0.4 is 0 Å². The van der Waals surface area contributed by atoms with Crippen LogP contribution >= 0.6 is 0 Å². The van der Waals surface area contributed by atoms with Gasteiger partial charge in [-0.3, -0.25) is 0 Å². The first-order chi connectivity index (χ1) is 10.3. The zero-order valence-electron chi connectivity index (χ0n) is 16.2. The van der Waals surface area contributed by atoms with Crippen LogP contribution in [-0.2, 0) is 39.6 Å². The Balaban J connectivity index is -0.000000266. The quantitative estimate of drug-likeness (QED) is 0.481. The first-order valence-electron chi connectivity index (χ1n) is 8.13. The Hall–Kier alpha value is 0.413. The van der Waals surface area contributed by atoms with Crippen LogP contribution in [0, 0.1) is 26.3 Å². The zero-order chi connectivity index (χ0) is 17.0. The molecule has 24 heavy (non-hydrogen) atoms. The summed E-state index contributed by atoms with van der Waals surface area (Å²) in [6.45, 7) is 10.1. The Labute approximate surface area is 177 Å². The molecule has 1 fully saturated rings. The number of nitrogens with zero attached hydrogens (tertiary/aromatic N) is 2. The minimum absolute atomic E-state index is 0. The molecule has 0 saturated heterocycles. The number of benzene rings is 1. The van der Waals surface area contributed by atoms with Crippen molar-refractivity contribution in [3.8, 4) is 0 Å². The fourth-order valence-electron chi connectivity index (χ4n) is 1.64. The van der Waals surface area contributed by atoms with Crippen LogP contribution in [0.5, 0.6) is 0 Å². The van der Waals surface area contributed by atoms with Gasteiger partial charge in [0.25, 0.3) is 0 Å². The zero-order valence-corrected chi connectivity index (χ0v) is 20.6. The van der Waals surface area contributed by atoms with Gasteiger partial charge in [0.05, 0.1) is 0 Å². The predicted molar refractivity (Wildman–Crippen MR) is 99.0 cm³/mol. The molecule has 0 unspecified atom stereocenters. The van der Waals surface area contributed by atoms with Crippen molar-refractivity contribution in [1.82, 2.24) is 4.90 Å². The largest absolute Gasteiger partial charge is 2.00 e. The third-order valence-corrected chi connectivity index (χ3v) is 3.87. The molecule has 1 aliphatic rings. The third-order valence-electron chi connectivity index (χ3n) is 3.87. The van der Waals surface area contributed by atoms with E-state index in [1.54, 1.807) is 0 Å². The number of rotatable bonds is 2. The van der Waals surface area contributed by atoms with E-state index in [4.69, 9.17) is 0 Å². The van der Waals surface area contributed by atoms with E-state index in [0.29, 0.717) is 6.04 Å². The van der Waals surface area contributed by atoms with Crippen molar-refractivity contribution < 1.29 is 39.6 Å². The molecule has 4 heteroatoms. The Morgan fingerprint density at radius 3 is 1.83 bits per heavy atom. The van der Waals surface area contributed by atoms with Crippen LogP contribution in [-0.4, -0.2) is 37.6 Å². The molecule has 1 radical (unpaired) electrons. The standard InChI is InChI=1S/C7H13N.C7H7.C6H14N.V.W/c1-8-7-5-3-2-4-6-7;1-7-5-3-2-4-6-7;1-6(2,3)7(4)5;;/h2,7H,3-6H2,1H3;3-6H,1H3;1H2,2-5H3;;/q-2;2*-1;2*+2. The Morgan fingerprint density at radius 1 is 1.21 bits per heavy atom. The topological polar surface area (TPSA) is 17.3 Å². The first kappa shape index (κ1) is 29.2. The molecule has 2 rings (SSSR count). The minimum Gasteiger partial charge on any atom is -0.662 e. The molecule has 135 valence electrons. The molecule has 1 aromatic carbocycles. The molecule has 1 saturated carbocycles. The molecule has 2 nitrogen and oxygen atoms in total. The van der Waals surface area contributed by atoms with Crippen molar-refractivity contribution in [3.05, 3.63) is 54.6 Å². The van der Waals surface area contributed by atoms with E-state index in [2.05, 4.69) is 50.4 Å². The Kier molecular flexibility index (Phi) is 20.5. The van der Waals surface area contributed by atoms with Gasteiger partial charge in [-0.15, -0.1) is 11.6 Å². The molecule has 0 spiro atoms. The number of hydrogen-bond acceptors (Lipinski definition) is 1. The second-order valence-electron chi connectivity index (χ2n) is 6.64. The maximum Gasteiger partial charge on any atom is 2.00 e. The van der Waals surface area contributed by atoms with Crippen molar-refractivity contribution in [2.24, 2.45) is 0 Å². The molecule has 0 atom stereocenters. The van der Waals surface area contributed by atoms with Crippen molar-refractivity contribution in [2.75, 3.05) is 21.1 Å². The van der Waals surface area contributed by atoms with Crippen LogP contribution in [0.3, 0.4) is 0 Å². The molecule has 1 aliphatic carbocycles. The predicted octanol–water partition coefficient (Wildman–Crippen LogP) is 5.09. The van der Waals surface area contributed by atoms with Crippen molar-refractivity contribution >= 4 is 0 Å². The molecule has 0 bridgehead atoms. The Morgan fingerprint density at radius 2 is 1.62 bits per heavy atom. The summed E-state index contributed by atoms with van der Waals surface area (Å²) in [6, 6.07) is 11.5. The minimum atomic E-state index is 0. The number of aryl methyl sites for hydroxylation is 1. The molecule has 0 heterocycles. The van der Waals surface area contributed by atoms with Crippen LogP contribution in [0.4, 0.5) is 0 Å². The molecule has 0 amide bonds. The normalized spacial score (nSPS) is 14.2. The summed E-state index contributed by atoms with van der Waals surface area (Å²) in [4.78, 5) is 2.08. The van der Waals surface area contributed by atoms with Crippen LogP contribution in [0.2, 0.25) is 0 Å². The maximum absolute atomic E-state index is 4.23. The van der Waals surface area contributed by atoms with E-state index in [0.717, 1.165) is 0 Å². The third kappa shape index (κ3) is 17.2. The van der Waals surface area contributed by atoms with Gasteiger partial charge in [0.15, 0.2) is 0 Å². The summed E-state index contributed by atoms with van der Waals surface area (Å²) >= 11 is 0. The van der Waals surface area contributed by atoms with Gasteiger partial charge in [0.2, 0.25) is 0 Å². The van der Waals surface area contributed by atoms with Gasteiger partial charge in [0.1, 0.15) is 0 Å². The molecule has 0 aliphatic heterocycles. The fraction of sp³-hybridized carbons (Fsp3) is 0.600. The summed E-state index contributed by atoms with van der Waals surface area (Å²) < 4.78 is 0. The van der Waals surface area contributed by atoms with Crippen LogP contribution in [0.1, 0.15) is 45.1 Å². The second-order valence-corrected chi connectivity index (χ2v) is 6.64. The van der Waals surface area contributed by atoms with Gasteiger partial charge >= 0.3 is 39.6 Å². The number of hydrogen-bond donors (Lipinski definition) is 0. The average molecular weight is 537 g/mol. The van der Waals surface area contributed by atoms with Gasteiger partial charge < -0.3 is 23.6 Å². The first-order valence-corrected chi connectivity index (χ1v) is 8.13. The van der Waals surface area contributed by atoms with Gasteiger partial charge in [-0.25, -0.2) is 0 Å². The molecular weight excluding hydrogens is 503 g/mol. The smallest absolute Gasteiger partial charge is 0.662 e. The van der Waals surface area contributed by atoms with Gasteiger partial charge in [-0.1, -0.05) is 33.6 Å². The van der Waals surface area contributed by atoms with E-state index >= 15 is 0 Å². The second kappa shape index (κ2) is 16.9. The molecular formula is C20H34N2VW. The monoisotopic (exact) mass is 537 g/mol. The Bertz CT molecular complexity index is 358. The molecule has 1 aromatic rings. The fourth-order valence-corrected chi connectivity index (χ4v) is 1.64. The summed E-state index contributed by atoms with van der Waals surface area (Å²) in [7, 11) is 5.97. The average Bonchev–Trinajstić information content (AvgIpc) is 2.49. The van der Waals surface area contributed by atoms with E-state index in [9.17, 15) is 0 Å². The molecule has 0 aromatic heterocycles. The summed E-state index contributed by atoms with van der Waals surface area (Å²) in [5.74, 6) is 0. The van der Waals surface area contributed by atoms with Gasteiger partial charge in [0, 0.05) is 0 Å².